The Labute approximate surface area is 518 Å². The van der Waals surface area contributed by atoms with Gasteiger partial charge >= 0.3 is 17.9 Å². The minimum absolute atomic E-state index is 0.0731. The van der Waals surface area contributed by atoms with Crippen LogP contribution in [0.1, 0.15) is 406 Å². The van der Waals surface area contributed by atoms with Crippen molar-refractivity contribution in [3.05, 3.63) is 48.6 Å². The molecule has 0 fully saturated rings. The molecule has 0 spiro atoms. The Kier molecular flexibility index (Phi) is 69.6. The number of rotatable bonds is 69. The number of hydrogen-bond donors (Lipinski definition) is 0. The SMILES string of the molecule is CCCCC/C=C\C/C=C\CCCCCCCCCC(=O)OCC(COC(=O)CCCCCCCCCCCCCCCCCCCCCCCCCCCCC)OC(=O)CCCCCCCCCCC/C=C\C/C=C\CCCCCCC. The Morgan fingerprint density at radius 2 is 0.434 bits per heavy atom. The first kappa shape index (κ1) is 80.4. The predicted molar refractivity (Wildman–Crippen MR) is 362 cm³/mol. The highest BCUT2D eigenvalue weighted by Gasteiger charge is 2.19. The summed E-state index contributed by atoms with van der Waals surface area (Å²) in [6, 6.07) is 0. The molecule has 6 nitrogen and oxygen atoms in total. The molecular formula is C77H142O6. The van der Waals surface area contributed by atoms with Gasteiger partial charge in [0, 0.05) is 19.3 Å². The summed E-state index contributed by atoms with van der Waals surface area (Å²) in [7, 11) is 0. The van der Waals surface area contributed by atoms with Crippen LogP contribution in [0.2, 0.25) is 0 Å². The molecule has 0 bridgehead atoms. The average Bonchev–Trinajstić information content (AvgIpc) is 3.50. The van der Waals surface area contributed by atoms with Crippen LogP contribution in [0.25, 0.3) is 0 Å². The molecule has 0 N–H and O–H groups in total. The average molecular weight is 1160 g/mol. The first-order valence-electron chi connectivity index (χ1n) is 37.1. The summed E-state index contributed by atoms with van der Waals surface area (Å²) >= 11 is 0. The Bertz CT molecular complexity index is 1430. The number of unbranched alkanes of at least 4 members (excludes halogenated alkanes) is 50. The van der Waals surface area contributed by atoms with Crippen LogP contribution in [0.4, 0.5) is 0 Å². The molecule has 0 saturated carbocycles. The third kappa shape index (κ3) is 70.0. The van der Waals surface area contributed by atoms with Gasteiger partial charge in [0.15, 0.2) is 6.10 Å². The maximum atomic E-state index is 13.0. The van der Waals surface area contributed by atoms with Crippen LogP contribution in [0, 0.1) is 0 Å². The number of allylic oxidation sites excluding steroid dienone is 8. The summed E-state index contributed by atoms with van der Waals surface area (Å²) in [4.78, 5) is 38.5. The zero-order valence-corrected chi connectivity index (χ0v) is 56.0. The van der Waals surface area contributed by atoms with Crippen LogP contribution in [-0.4, -0.2) is 37.2 Å². The van der Waals surface area contributed by atoms with Gasteiger partial charge in [-0.25, -0.2) is 0 Å². The lowest BCUT2D eigenvalue weighted by Crippen LogP contribution is -2.30. The molecule has 0 saturated heterocycles. The van der Waals surface area contributed by atoms with E-state index in [2.05, 4.69) is 69.4 Å². The molecule has 0 heterocycles. The molecule has 1 unspecified atom stereocenters. The van der Waals surface area contributed by atoms with Gasteiger partial charge in [-0.1, -0.05) is 352 Å². The first-order chi connectivity index (χ1) is 41.0. The Morgan fingerprint density at radius 1 is 0.241 bits per heavy atom. The zero-order chi connectivity index (χ0) is 59.9. The Hall–Kier alpha value is -2.63. The summed E-state index contributed by atoms with van der Waals surface area (Å²) < 4.78 is 17.0. The van der Waals surface area contributed by atoms with Gasteiger partial charge in [0.25, 0.3) is 0 Å². The van der Waals surface area contributed by atoms with Gasteiger partial charge in [0.2, 0.25) is 0 Å². The molecule has 6 heteroatoms. The predicted octanol–water partition coefficient (Wildman–Crippen LogP) is 25.7. The van der Waals surface area contributed by atoms with E-state index in [4.69, 9.17) is 14.2 Å². The molecule has 0 rings (SSSR count). The minimum atomic E-state index is -0.779. The second kappa shape index (κ2) is 71.8. The summed E-state index contributed by atoms with van der Waals surface area (Å²) in [5.74, 6) is -0.857. The molecule has 486 valence electrons. The standard InChI is InChI=1S/C77H142O6/c1-4-7-10-13-16-19-22-25-28-31-33-35-36-37-38-39-40-42-43-46-49-52-55-58-61-64-67-70-76(79)82-73-74(72-81-75(78)69-66-63-60-57-54-51-48-45-30-27-24-21-18-15-12-9-6-3)83-77(80)71-68-65-62-59-56-53-50-47-44-41-34-32-29-26-23-20-17-14-11-8-5-2/h18,21,23,26-27,30,32,34,74H,4-17,19-20,22,24-25,28-29,31,33,35-73H2,1-3H3/b21-18-,26-23-,30-27-,34-32-. The maximum Gasteiger partial charge on any atom is 0.306 e. The lowest BCUT2D eigenvalue weighted by atomic mass is 10.0. The van der Waals surface area contributed by atoms with E-state index >= 15 is 0 Å². The fourth-order valence-corrected chi connectivity index (χ4v) is 11.2. The number of hydrogen-bond acceptors (Lipinski definition) is 6. The second-order valence-electron chi connectivity index (χ2n) is 25.2. The second-order valence-corrected chi connectivity index (χ2v) is 25.2. The highest BCUT2D eigenvalue weighted by atomic mass is 16.6. The number of esters is 3. The van der Waals surface area contributed by atoms with Crippen LogP contribution < -0.4 is 0 Å². The lowest BCUT2D eigenvalue weighted by molar-refractivity contribution is -0.167. The molecule has 83 heavy (non-hydrogen) atoms. The van der Waals surface area contributed by atoms with Crippen molar-refractivity contribution in [1.82, 2.24) is 0 Å². The van der Waals surface area contributed by atoms with E-state index in [-0.39, 0.29) is 31.1 Å². The molecule has 0 aromatic rings. The van der Waals surface area contributed by atoms with Gasteiger partial charge in [0.1, 0.15) is 13.2 Å². The third-order valence-electron chi connectivity index (χ3n) is 16.8. The van der Waals surface area contributed by atoms with Gasteiger partial charge in [-0.15, -0.1) is 0 Å². The molecule has 0 aliphatic carbocycles. The summed E-state index contributed by atoms with van der Waals surface area (Å²) in [6.07, 6.45) is 91.5. The van der Waals surface area contributed by atoms with Crippen LogP contribution in [0.15, 0.2) is 48.6 Å². The van der Waals surface area contributed by atoms with Crippen LogP contribution >= 0.6 is 0 Å². The quantitative estimate of drug-likeness (QED) is 0.0261. The normalized spacial score (nSPS) is 12.3. The molecule has 0 aliphatic rings. The van der Waals surface area contributed by atoms with Crippen molar-refractivity contribution in [2.24, 2.45) is 0 Å². The molecule has 1 atom stereocenters. The molecule has 0 amide bonds. The number of carbonyl (C=O) groups is 3. The fraction of sp³-hybridized carbons (Fsp3) is 0.857. The van der Waals surface area contributed by atoms with Gasteiger partial charge < -0.3 is 14.2 Å². The Balaban J connectivity index is 4.28. The van der Waals surface area contributed by atoms with Gasteiger partial charge in [-0.3, -0.25) is 14.4 Å². The topological polar surface area (TPSA) is 78.9 Å². The lowest BCUT2D eigenvalue weighted by Gasteiger charge is -2.18. The van der Waals surface area contributed by atoms with Crippen molar-refractivity contribution in [3.8, 4) is 0 Å². The van der Waals surface area contributed by atoms with E-state index < -0.39 is 6.10 Å². The van der Waals surface area contributed by atoms with Crippen molar-refractivity contribution in [1.29, 1.82) is 0 Å². The third-order valence-corrected chi connectivity index (χ3v) is 16.8. The smallest absolute Gasteiger partial charge is 0.306 e. The summed E-state index contributed by atoms with van der Waals surface area (Å²) in [5.41, 5.74) is 0. The first-order valence-corrected chi connectivity index (χ1v) is 37.1. The van der Waals surface area contributed by atoms with E-state index in [1.54, 1.807) is 0 Å². The van der Waals surface area contributed by atoms with Crippen LogP contribution in [0.3, 0.4) is 0 Å². The van der Waals surface area contributed by atoms with Crippen molar-refractivity contribution in [2.75, 3.05) is 13.2 Å². The van der Waals surface area contributed by atoms with Crippen molar-refractivity contribution < 1.29 is 28.6 Å². The molecule has 0 radical (unpaired) electrons. The Morgan fingerprint density at radius 3 is 0.687 bits per heavy atom. The van der Waals surface area contributed by atoms with E-state index in [0.717, 1.165) is 77.0 Å². The van der Waals surface area contributed by atoms with Crippen molar-refractivity contribution >= 4 is 17.9 Å². The monoisotopic (exact) mass is 1160 g/mol. The summed E-state index contributed by atoms with van der Waals surface area (Å²) in [5, 5.41) is 0. The van der Waals surface area contributed by atoms with Crippen molar-refractivity contribution in [2.45, 2.75) is 412 Å². The van der Waals surface area contributed by atoms with E-state index in [1.165, 1.54) is 289 Å². The molecule has 0 aliphatic heterocycles. The van der Waals surface area contributed by atoms with Crippen LogP contribution in [0.5, 0.6) is 0 Å². The number of ether oxygens (including phenoxy) is 3. The maximum absolute atomic E-state index is 13.0. The number of carbonyl (C=O) groups excluding carboxylic acids is 3. The summed E-state index contributed by atoms with van der Waals surface area (Å²) in [6.45, 7) is 6.67. The fourth-order valence-electron chi connectivity index (χ4n) is 11.2. The van der Waals surface area contributed by atoms with Gasteiger partial charge in [-0.05, 0) is 83.5 Å². The van der Waals surface area contributed by atoms with Crippen LogP contribution in [-0.2, 0) is 28.6 Å². The molecule has 0 aromatic carbocycles. The highest BCUT2D eigenvalue weighted by molar-refractivity contribution is 5.71. The minimum Gasteiger partial charge on any atom is -0.462 e. The van der Waals surface area contributed by atoms with E-state index in [9.17, 15) is 14.4 Å². The van der Waals surface area contributed by atoms with Crippen molar-refractivity contribution in [3.63, 3.8) is 0 Å². The van der Waals surface area contributed by atoms with E-state index in [0.29, 0.717) is 19.3 Å². The highest BCUT2D eigenvalue weighted by Crippen LogP contribution is 2.19. The van der Waals surface area contributed by atoms with E-state index in [1.807, 2.05) is 0 Å². The van der Waals surface area contributed by atoms with Gasteiger partial charge in [0.05, 0.1) is 0 Å². The molecular weight excluding hydrogens is 1020 g/mol. The van der Waals surface area contributed by atoms with Gasteiger partial charge in [-0.2, -0.15) is 0 Å². The molecule has 0 aromatic heterocycles. The zero-order valence-electron chi connectivity index (χ0n) is 56.0. The largest absolute Gasteiger partial charge is 0.462 e.